The number of carbonyl (C=O) groups excluding carboxylic acids is 1. The number of rotatable bonds is 6. The van der Waals surface area contributed by atoms with Gasteiger partial charge in [0.25, 0.3) is 0 Å². The highest BCUT2D eigenvalue weighted by Gasteiger charge is 2.32. The fourth-order valence-electron chi connectivity index (χ4n) is 3.22. The predicted octanol–water partition coefficient (Wildman–Crippen LogP) is 1.30. The van der Waals surface area contributed by atoms with Crippen molar-refractivity contribution < 1.29 is 19.0 Å². The highest BCUT2D eigenvalue weighted by atomic mass is 19.1. The average molecular weight is 351 g/mol. The van der Waals surface area contributed by atoms with Crippen LogP contribution in [0.4, 0.5) is 9.18 Å². The van der Waals surface area contributed by atoms with Gasteiger partial charge in [0.2, 0.25) is 0 Å². The Kier molecular flexibility index (Phi) is 6.09. The molecule has 2 N–H and O–H groups in total. The van der Waals surface area contributed by atoms with Crippen molar-refractivity contribution in [3.05, 3.63) is 30.1 Å². The van der Waals surface area contributed by atoms with Crippen LogP contribution in [0, 0.1) is 11.7 Å². The van der Waals surface area contributed by atoms with Crippen molar-refractivity contribution in [1.29, 1.82) is 0 Å². The van der Waals surface area contributed by atoms with Crippen molar-refractivity contribution in [2.45, 2.75) is 18.9 Å². The number of aliphatic hydroxyl groups excluding tert-OH is 1. The number of carbonyl (C=O) groups is 1. The van der Waals surface area contributed by atoms with Crippen LogP contribution >= 0.6 is 0 Å². The van der Waals surface area contributed by atoms with Crippen LogP contribution in [0.15, 0.2) is 24.3 Å². The minimum absolute atomic E-state index is 0.0985. The summed E-state index contributed by atoms with van der Waals surface area (Å²) in [6.45, 7) is 4.61. The van der Waals surface area contributed by atoms with Crippen molar-refractivity contribution in [3.8, 4) is 5.75 Å². The number of nitrogens with zero attached hydrogens (tertiary/aromatic N) is 2. The SMILES string of the molecule is O=C(NCCN1CCC(CO)CC1)N1CC(Oc2ccccc2F)C1. The number of aliphatic hydroxyl groups is 1. The van der Waals surface area contributed by atoms with Crippen LogP contribution in [0.1, 0.15) is 12.8 Å². The van der Waals surface area contributed by atoms with Gasteiger partial charge in [0, 0.05) is 19.7 Å². The maximum Gasteiger partial charge on any atom is 0.317 e. The van der Waals surface area contributed by atoms with E-state index in [-0.39, 0.29) is 30.3 Å². The number of nitrogens with one attached hydrogen (secondary N) is 1. The zero-order valence-corrected chi connectivity index (χ0v) is 14.4. The van der Waals surface area contributed by atoms with Gasteiger partial charge in [-0.2, -0.15) is 0 Å². The lowest BCUT2D eigenvalue weighted by Gasteiger charge is -2.39. The summed E-state index contributed by atoms with van der Waals surface area (Å²) in [5, 5.41) is 12.1. The minimum Gasteiger partial charge on any atom is -0.484 e. The number of benzene rings is 1. The van der Waals surface area contributed by atoms with Gasteiger partial charge in [-0.1, -0.05) is 12.1 Å². The Bertz CT molecular complexity index is 572. The summed E-state index contributed by atoms with van der Waals surface area (Å²) in [6, 6.07) is 6.21. The highest BCUT2D eigenvalue weighted by molar-refractivity contribution is 5.75. The zero-order valence-electron chi connectivity index (χ0n) is 14.4. The van der Waals surface area contributed by atoms with E-state index in [2.05, 4.69) is 10.2 Å². The van der Waals surface area contributed by atoms with Crippen LogP contribution in [0.25, 0.3) is 0 Å². The molecule has 2 amide bonds. The lowest BCUT2D eigenvalue weighted by Crippen LogP contribution is -2.59. The quantitative estimate of drug-likeness (QED) is 0.811. The van der Waals surface area contributed by atoms with Crippen molar-refractivity contribution >= 4 is 6.03 Å². The third-order valence-corrected chi connectivity index (χ3v) is 4.94. The Balaban J connectivity index is 1.30. The summed E-state index contributed by atoms with van der Waals surface area (Å²) in [5.41, 5.74) is 0. The molecule has 1 aromatic rings. The Morgan fingerprint density at radius 2 is 2.00 bits per heavy atom. The van der Waals surface area contributed by atoms with E-state index in [9.17, 15) is 9.18 Å². The summed E-state index contributed by atoms with van der Waals surface area (Å²) >= 11 is 0. The molecule has 25 heavy (non-hydrogen) atoms. The fourth-order valence-corrected chi connectivity index (χ4v) is 3.22. The predicted molar refractivity (Wildman–Crippen MR) is 92.0 cm³/mol. The number of amides is 2. The van der Waals surface area contributed by atoms with Gasteiger partial charge >= 0.3 is 6.03 Å². The van der Waals surface area contributed by atoms with Crippen LogP contribution in [-0.2, 0) is 0 Å². The number of urea groups is 1. The summed E-state index contributed by atoms with van der Waals surface area (Å²) < 4.78 is 19.1. The standard InChI is InChI=1S/C18H26FN3O3/c19-16-3-1-2-4-17(16)25-15-11-22(12-15)18(24)20-7-10-21-8-5-14(13-23)6-9-21/h1-4,14-15,23H,5-13H2,(H,20,24). The average Bonchev–Trinajstić information content (AvgIpc) is 2.59. The van der Waals surface area contributed by atoms with Gasteiger partial charge in [-0.3, -0.25) is 0 Å². The smallest absolute Gasteiger partial charge is 0.317 e. The molecule has 2 aliphatic heterocycles. The summed E-state index contributed by atoms with van der Waals surface area (Å²) in [6.07, 6.45) is 1.89. The first-order valence-corrected chi connectivity index (χ1v) is 8.93. The van der Waals surface area contributed by atoms with E-state index in [4.69, 9.17) is 9.84 Å². The molecule has 0 aliphatic carbocycles. The third kappa shape index (κ3) is 4.83. The second kappa shape index (κ2) is 8.49. The molecule has 1 aromatic carbocycles. The summed E-state index contributed by atoms with van der Waals surface area (Å²) in [5.74, 6) is 0.285. The van der Waals surface area contributed by atoms with Crippen molar-refractivity contribution in [2.75, 3.05) is 45.9 Å². The molecule has 0 saturated carbocycles. The van der Waals surface area contributed by atoms with Crippen molar-refractivity contribution in [3.63, 3.8) is 0 Å². The molecular weight excluding hydrogens is 325 g/mol. The molecule has 3 rings (SSSR count). The van der Waals surface area contributed by atoms with E-state index in [0.717, 1.165) is 32.5 Å². The Hall–Kier alpha value is -1.86. The molecular formula is C18H26FN3O3. The van der Waals surface area contributed by atoms with E-state index in [0.29, 0.717) is 25.6 Å². The van der Waals surface area contributed by atoms with Crippen molar-refractivity contribution in [2.24, 2.45) is 5.92 Å². The minimum atomic E-state index is -0.379. The molecule has 2 heterocycles. The molecule has 2 saturated heterocycles. The van der Waals surface area contributed by atoms with Crippen LogP contribution in [0.3, 0.4) is 0 Å². The summed E-state index contributed by atoms with van der Waals surface area (Å²) in [7, 11) is 0. The Morgan fingerprint density at radius 1 is 1.28 bits per heavy atom. The molecule has 0 radical (unpaired) electrons. The third-order valence-electron chi connectivity index (χ3n) is 4.94. The van der Waals surface area contributed by atoms with E-state index >= 15 is 0 Å². The normalized spacial score (nSPS) is 19.5. The fraction of sp³-hybridized carbons (Fsp3) is 0.611. The highest BCUT2D eigenvalue weighted by Crippen LogP contribution is 2.21. The van der Waals surface area contributed by atoms with E-state index in [1.807, 2.05) is 0 Å². The lowest BCUT2D eigenvalue weighted by atomic mass is 9.98. The number of para-hydroxylation sites is 1. The first-order chi connectivity index (χ1) is 12.2. The molecule has 2 aliphatic rings. The monoisotopic (exact) mass is 351 g/mol. The van der Waals surface area contributed by atoms with Crippen LogP contribution in [0.5, 0.6) is 5.75 Å². The Labute approximate surface area is 147 Å². The number of ether oxygens (including phenoxy) is 1. The first-order valence-electron chi connectivity index (χ1n) is 8.93. The Morgan fingerprint density at radius 3 is 2.68 bits per heavy atom. The first kappa shape index (κ1) is 17.9. The number of piperidine rings is 1. The van der Waals surface area contributed by atoms with Gasteiger partial charge in [-0.25, -0.2) is 9.18 Å². The molecule has 7 heteroatoms. The molecule has 0 spiro atoms. The van der Waals surface area contributed by atoms with Gasteiger partial charge < -0.3 is 25.0 Å². The molecule has 0 aromatic heterocycles. The van der Waals surface area contributed by atoms with Crippen LogP contribution < -0.4 is 10.1 Å². The molecule has 2 fully saturated rings. The molecule has 0 atom stereocenters. The lowest BCUT2D eigenvalue weighted by molar-refractivity contribution is 0.0415. The van der Waals surface area contributed by atoms with Crippen LogP contribution in [0.2, 0.25) is 0 Å². The summed E-state index contributed by atoms with van der Waals surface area (Å²) in [4.78, 5) is 16.0. The largest absolute Gasteiger partial charge is 0.484 e. The number of likely N-dealkylation sites (tertiary alicyclic amines) is 2. The second-order valence-electron chi connectivity index (χ2n) is 6.77. The second-order valence-corrected chi connectivity index (χ2v) is 6.77. The molecule has 138 valence electrons. The van der Waals surface area contributed by atoms with Crippen molar-refractivity contribution in [1.82, 2.24) is 15.1 Å². The van der Waals surface area contributed by atoms with Gasteiger partial charge in [0.15, 0.2) is 11.6 Å². The molecule has 0 unspecified atom stereocenters. The maximum absolute atomic E-state index is 13.5. The molecule has 0 bridgehead atoms. The van der Waals surface area contributed by atoms with Crippen LogP contribution in [-0.4, -0.2) is 72.9 Å². The maximum atomic E-state index is 13.5. The number of hydrogen-bond donors (Lipinski definition) is 2. The number of hydrogen-bond acceptors (Lipinski definition) is 4. The van der Waals surface area contributed by atoms with E-state index < -0.39 is 0 Å². The van der Waals surface area contributed by atoms with E-state index in [1.54, 1.807) is 23.1 Å². The topological polar surface area (TPSA) is 65.0 Å². The van der Waals surface area contributed by atoms with Gasteiger partial charge in [0.05, 0.1) is 13.1 Å². The van der Waals surface area contributed by atoms with E-state index in [1.165, 1.54) is 6.07 Å². The van der Waals surface area contributed by atoms with Gasteiger partial charge in [-0.15, -0.1) is 0 Å². The number of halogens is 1. The van der Waals surface area contributed by atoms with Gasteiger partial charge in [-0.05, 0) is 44.0 Å². The zero-order chi connectivity index (χ0) is 17.6. The molecule has 6 nitrogen and oxygen atoms in total. The van der Waals surface area contributed by atoms with Gasteiger partial charge in [0.1, 0.15) is 6.10 Å².